The summed E-state index contributed by atoms with van der Waals surface area (Å²) in [6, 6.07) is 12.8. The molecule has 0 unspecified atom stereocenters. The van der Waals surface area contributed by atoms with Crippen molar-refractivity contribution in [3.63, 3.8) is 0 Å². The van der Waals surface area contributed by atoms with E-state index >= 15 is 0 Å². The maximum atomic E-state index is 12.5. The molecular formula is C21H21Cl2N5O2. The Morgan fingerprint density at radius 2 is 1.87 bits per heavy atom. The second-order valence-electron chi connectivity index (χ2n) is 7.15. The van der Waals surface area contributed by atoms with Crippen molar-refractivity contribution in [1.29, 1.82) is 0 Å². The Labute approximate surface area is 184 Å². The number of hydrogen-bond donors (Lipinski definition) is 1. The summed E-state index contributed by atoms with van der Waals surface area (Å²) in [7, 11) is 0. The van der Waals surface area contributed by atoms with E-state index in [-0.39, 0.29) is 6.03 Å². The minimum atomic E-state index is -0.160. The number of hydrogen-bond acceptors (Lipinski definition) is 5. The molecule has 7 nitrogen and oxygen atoms in total. The molecular weight excluding hydrogens is 425 g/mol. The minimum absolute atomic E-state index is 0.160. The number of anilines is 1. The number of carbonyl (C=O) groups excluding carboxylic acids is 1. The van der Waals surface area contributed by atoms with E-state index in [9.17, 15) is 4.79 Å². The number of nitrogens with one attached hydrogen (secondary N) is 1. The van der Waals surface area contributed by atoms with E-state index in [1.807, 2.05) is 31.2 Å². The van der Waals surface area contributed by atoms with Crippen LogP contribution in [0.3, 0.4) is 0 Å². The van der Waals surface area contributed by atoms with Crippen LogP contribution in [0.15, 0.2) is 47.0 Å². The van der Waals surface area contributed by atoms with Crippen molar-refractivity contribution in [1.82, 2.24) is 19.9 Å². The lowest BCUT2D eigenvalue weighted by Crippen LogP contribution is -2.49. The average molecular weight is 446 g/mol. The van der Waals surface area contributed by atoms with Crippen LogP contribution in [0.2, 0.25) is 10.0 Å². The Bertz CT molecular complexity index is 1050. The quantitative estimate of drug-likeness (QED) is 0.629. The second kappa shape index (κ2) is 9.04. The Morgan fingerprint density at radius 1 is 1.10 bits per heavy atom. The molecule has 0 aliphatic carbocycles. The Balaban J connectivity index is 1.30. The molecule has 1 aromatic heterocycles. The van der Waals surface area contributed by atoms with Gasteiger partial charge in [-0.05, 0) is 30.7 Å². The Morgan fingerprint density at radius 3 is 2.60 bits per heavy atom. The summed E-state index contributed by atoms with van der Waals surface area (Å²) in [5, 5.41) is 7.82. The standard InChI is InChI=1S/C21H21Cl2N5O2/c1-14-4-2-3-5-16(14)20-25-19(30-26-20)13-27-8-10-28(11-9-27)21(29)24-15-6-7-17(22)18(23)12-15/h2-7,12H,8-11,13H2,1H3,(H,24,29). The number of carbonyl (C=O) groups is 1. The maximum absolute atomic E-state index is 12.5. The van der Waals surface area contributed by atoms with Crippen molar-refractivity contribution in [2.45, 2.75) is 13.5 Å². The van der Waals surface area contributed by atoms with E-state index in [0.717, 1.165) is 24.2 Å². The number of aromatic nitrogens is 2. The number of halogens is 2. The topological polar surface area (TPSA) is 74.5 Å². The number of rotatable bonds is 4. The smallest absolute Gasteiger partial charge is 0.321 e. The number of piperazine rings is 1. The highest BCUT2D eigenvalue weighted by atomic mass is 35.5. The number of nitrogens with zero attached hydrogens (tertiary/aromatic N) is 4. The van der Waals surface area contributed by atoms with Crippen LogP contribution < -0.4 is 5.32 Å². The van der Waals surface area contributed by atoms with Crippen molar-refractivity contribution in [3.05, 3.63) is 64.0 Å². The van der Waals surface area contributed by atoms with E-state index in [1.165, 1.54) is 0 Å². The maximum Gasteiger partial charge on any atom is 0.321 e. The number of urea groups is 1. The first-order chi connectivity index (χ1) is 14.5. The van der Waals surface area contributed by atoms with Crippen LogP contribution in [-0.2, 0) is 6.54 Å². The van der Waals surface area contributed by atoms with Crippen LogP contribution in [0.4, 0.5) is 10.5 Å². The van der Waals surface area contributed by atoms with Crippen molar-refractivity contribution in [3.8, 4) is 11.4 Å². The number of amides is 2. The molecule has 0 bridgehead atoms. The molecule has 9 heteroatoms. The fraction of sp³-hybridized carbons (Fsp3) is 0.286. The van der Waals surface area contributed by atoms with Crippen molar-refractivity contribution >= 4 is 34.9 Å². The highest BCUT2D eigenvalue weighted by molar-refractivity contribution is 6.42. The van der Waals surface area contributed by atoms with E-state index < -0.39 is 0 Å². The Kier molecular flexibility index (Phi) is 6.22. The molecule has 2 aromatic carbocycles. The minimum Gasteiger partial charge on any atom is -0.338 e. The van der Waals surface area contributed by atoms with Crippen LogP contribution in [-0.4, -0.2) is 52.2 Å². The molecule has 1 aliphatic heterocycles. The molecule has 1 aliphatic rings. The van der Waals surface area contributed by atoms with E-state index in [4.69, 9.17) is 27.7 Å². The highest BCUT2D eigenvalue weighted by Crippen LogP contribution is 2.25. The molecule has 0 radical (unpaired) electrons. The predicted molar refractivity (Wildman–Crippen MR) is 117 cm³/mol. The van der Waals surface area contributed by atoms with Crippen molar-refractivity contribution in [2.24, 2.45) is 0 Å². The predicted octanol–water partition coefficient (Wildman–Crippen LogP) is 4.70. The van der Waals surface area contributed by atoms with Crippen LogP contribution in [0.5, 0.6) is 0 Å². The van der Waals surface area contributed by atoms with Crippen LogP contribution in [0, 0.1) is 6.92 Å². The van der Waals surface area contributed by atoms with E-state index in [0.29, 0.717) is 47.1 Å². The lowest BCUT2D eigenvalue weighted by molar-refractivity contribution is 0.133. The summed E-state index contributed by atoms with van der Waals surface area (Å²) in [5.74, 6) is 1.17. The van der Waals surface area contributed by atoms with Gasteiger partial charge in [-0.1, -0.05) is 52.6 Å². The summed E-state index contributed by atoms with van der Waals surface area (Å²) < 4.78 is 5.43. The average Bonchev–Trinajstić information content (AvgIpc) is 3.20. The lowest BCUT2D eigenvalue weighted by Gasteiger charge is -2.33. The molecule has 2 amide bonds. The molecule has 1 N–H and O–H groups in total. The van der Waals surface area contributed by atoms with Gasteiger partial charge in [-0.15, -0.1) is 0 Å². The summed E-state index contributed by atoms with van der Waals surface area (Å²) in [5.41, 5.74) is 2.69. The van der Waals surface area contributed by atoms with Gasteiger partial charge in [0.05, 0.1) is 16.6 Å². The summed E-state index contributed by atoms with van der Waals surface area (Å²) in [4.78, 5) is 21.0. The molecule has 1 saturated heterocycles. The monoisotopic (exact) mass is 445 g/mol. The SMILES string of the molecule is Cc1ccccc1-c1noc(CN2CCN(C(=O)Nc3ccc(Cl)c(Cl)c3)CC2)n1. The van der Waals surface area contributed by atoms with Gasteiger partial charge in [-0.3, -0.25) is 4.90 Å². The lowest BCUT2D eigenvalue weighted by atomic mass is 10.1. The third kappa shape index (κ3) is 4.75. The molecule has 0 spiro atoms. The summed E-state index contributed by atoms with van der Waals surface area (Å²) in [6.07, 6.45) is 0. The first-order valence-corrected chi connectivity index (χ1v) is 10.4. The van der Waals surface area contributed by atoms with Crippen LogP contribution in [0.25, 0.3) is 11.4 Å². The Hall–Kier alpha value is -2.61. The molecule has 4 rings (SSSR count). The van der Waals surface area contributed by atoms with Crippen molar-refractivity contribution in [2.75, 3.05) is 31.5 Å². The molecule has 30 heavy (non-hydrogen) atoms. The fourth-order valence-corrected chi connectivity index (χ4v) is 3.63. The largest absolute Gasteiger partial charge is 0.338 e. The second-order valence-corrected chi connectivity index (χ2v) is 7.96. The van der Waals surface area contributed by atoms with Gasteiger partial charge in [0.2, 0.25) is 11.7 Å². The molecule has 1 fully saturated rings. The van der Waals surface area contributed by atoms with Gasteiger partial charge in [-0.2, -0.15) is 4.98 Å². The zero-order chi connectivity index (χ0) is 21.1. The summed E-state index contributed by atoms with van der Waals surface area (Å²) >= 11 is 11.9. The molecule has 2 heterocycles. The first-order valence-electron chi connectivity index (χ1n) is 9.61. The third-order valence-corrected chi connectivity index (χ3v) is 5.78. The van der Waals surface area contributed by atoms with Gasteiger partial charge in [0.25, 0.3) is 0 Å². The first kappa shape index (κ1) is 20.7. The van der Waals surface area contributed by atoms with E-state index in [1.54, 1.807) is 23.1 Å². The van der Waals surface area contributed by atoms with Gasteiger partial charge in [-0.25, -0.2) is 4.79 Å². The zero-order valence-electron chi connectivity index (χ0n) is 16.4. The van der Waals surface area contributed by atoms with Gasteiger partial charge in [0.15, 0.2) is 0 Å². The number of aryl methyl sites for hydroxylation is 1. The highest BCUT2D eigenvalue weighted by Gasteiger charge is 2.23. The van der Waals surface area contributed by atoms with Crippen LogP contribution >= 0.6 is 23.2 Å². The van der Waals surface area contributed by atoms with Gasteiger partial charge in [0.1, 0.15) is 0 Å². The van der Waals surface area contributed by atoms with Gasteiger partial charge in [0, 0.05) is 37.4 Å². The van der Waals surface area contributed by atoms with Gasteiger partial charge < -0.3 is 14.7 Å². The summed E-state index contributed by atoms with van der Waals surface area (Å²) in [6.45, 7) is 5.22. The fourth-order valence-electron chi connectivity index (χ4n) is 3.33. The zero-order valence-corrected chi connectivity index (χ0v) is 18.0. The molecule has 3 aromatic rings. The molecule has 156 valence electrons. The number of benzene rings is 2. The van der Waals surface area contributed by atoms with Crippen molar-refractivity contribution < 1.29 is 9.32 Å². The molecule has 0 atom stereocenters. The van der Waals surface area contributed by atoms with Gasteiger partial charge >= 0.3 is 6.03 Å². The third-order valence-electron chi connectivity index (χ3n) is 5.04. The van der Waals surface area contributed by atoms with E-state index in [2.05, 4.69) is 20.4 Å². The molecule has 0 saturated carbocycles. The van der Waals surface area contributed by atoms with Crippen LogP contribution in [0.1, 0.15) is 11.5 Å². The normalized spacial score (nSPS) is 14.7.